The zero-order valence-electron chi connectivity index (χ0n) is 13.0. The number of hydrogen-bond donors (Lipinski definition) is 1. The van der Waals surface area contributed by atoms with Crippen LogP contribution >= 0.6 is 0 Å². The lowest BCUT2D eigenvalue weighted by Gasteiger charge is -2.36. The van der Waals surface area contributed by atoms with Crippen LogP contribution in [0.15, 0.2) is 17.0 Å². The molecule has 0 radical (unpaired) electrons. The predicted octanol–water partition coefficient (Wildman–Crippen LogP) is 1.95. The molecule has 5 nitrogen and oxygen atoms in total. The summed E-state index contributed by atoms with van der Waals surface area (Å²) in [6.45, 7) is 7.69. The second-order valence-electron chi connectivity index (χ2n) is 5.72. The third-order valence-corrected chi connectivity index (χ3v) is 4.98. The van der Waals surface area contributed by atoms with Gasteiger partial charge in [-0.25, -0.2) is 0 Å². The van der Waals surface area contributed by atoms with Crippen LogP contribution < -0.4 is 4.90 Å². The van der Waals surface area contributed by atoms with Crippen LogP contribution in [0.2, 0.25) is 0 Å². The Labute approximate surface area is 127 Å². The highest BCUT2D eigenvalue weighted by molar-refractivity contribution is 7.85. The molecule has 21 heavy (non-hydrogen) atoms. The molecule has 0 aromatic heterocycles. The minimum Gasteiger partial charge on any atom is -0.368 e. The fourth-order valence-corrected chi connectivity index (χ4v) is 3.69. The predicted molar refractivity (Wildman–Crippen MR) is 84.7 cm³/mol. The minimum atomic E-state index is -4.18. The number of hydrogen-bond acceptors (Lipinski definition) is 4. The van der Waals surface area contributed by atoms with Gasteiger partial charge in [0.05, 0.1) is 4.90 Å². The highest BCUT2D eigenvalue weighted by Crippen LogP contribution is 2.32. The molecule has 0 spiro atoms. The zero-order valence-corrected chi connectivity index (χ0v) is 13.8. The Hall–Kier alpha value is -1.11. The molecular formula is C15H24N2O3S. The van der Waals surface area contributed by atoms with Crippen molar-refractivity contribution in [3.05, 3.63) is 23.3 Å². The van der Waals surface area contributed by atoms with E-state index in [4.69, 9.17) is 0 Å². The number of nitrogens with zero attached hydrogens (tertiary/aromatic N) is 2. The molecule has 0 aliphatic carbocycles. The molecule has 2 rings (SSSR count). The van der Waals surface area contributed by atoms with Crippen molar-refractivity contribution in [3.8, 4) is 0 Å². The SMILES string of the molecule is CCCc1c(S(=O)(=O)O)ccc(C)c1N1CCN(C)CC1. The first-order valence-electron chi connectivity index (χ1n) is 7.38. The second-order valence-corrected chi connectivity index (χ2v) is 7.11. The van der Waals surface area contributed by atoms with Crippen molar-refractivity contribution < 1.29 is 13.0 Å². The first kappa shape index (κ1) is 16.3. The fraction of sp³-hybridized carbons (Fsp3) is 0.600. The van der Waals surface area contributed by atoms with Crippen LogP contribution in [0.3, 0.4) is 0 Å². The van der Waals surface area contributed by atoms with Gasteiger partial charge in [0.25, 0.3) is 10.1 Å². The Bertz CT molecular complexity index is 606. The molecule has 1 saturated heterocycles. The summed E-state index contributed by atoms with van der Waals surface area (Å²) >= 11 is 0. The van der Waals surface area contributed by atoms with Crippen molar-refractivity contribution in [1.29, 1.82) is 0 Å². The van der Waals surface area contributed by atoms with Gasteiger partial charge in [0.2, 0.25) is 0 Å². The van der Waals surface area contributed by atoms with E-state index in [1.807, 2.05) is 13.8 Å². The van der Waals surface area contributed by atoms with E-state index in [0.717, 1.165) is 49.4 Å². The Morgan fingerprint density at radius 1 is 1.19 bits per heavy atom. The molecule has 6 heteroatoms. The van der Waals surface area contributed by atoms with E-state index in [9.17, 15) is 13.0 Å². The van der Waals surface area contributed by atoms with Gasteiger partial charge in [0, 0.05) is 31.9 Å². The molecule has 1 heterocycles. The number of aryl methyl sites for hydroxylation is 1. The van der Waals surface area contributed by atoms with E-state index in [0.29, 0.717) is 6.42 Å². The summed E-state index contributed by atoms with van der Waals surface area (Å²) in [7, 11) is -2.09. The van der Waals surface area contributed by atoms with Crippen molar-refractivity contribution >= 4 is 15.8 Å². The number of likely N-dealkylation sites (N-methyl/N-ethyl adjacent to an activating group) is 1. The van der Waals surface area contributed by atoms with Gasteiger partial charge >= 0.3 is 0 Å². The number of anilines is 1. The molecule has 0 atom stereocenters. The van der Waals surface area contributed by atoms with Crippen LogP contribution in [0.1, 0.15) is 24.5 Å². The van der Waals surface area contributed by atoms with Gasteiger partial charge in [-0.2, -0.15) is 8.42 Å². The van der Waals surface area contributed by atoms with Crippen LogP contribution in [0.4, 0.5) is 5.69 Å². The molecular weight excluding hydrogens is 288 g/mol. The molecule has 0 amide bonds. The van der Waals surface area contributed by atoms with Crippen LogP contribution in [-0.4, -0.2) is 51.1 Å². The maximum Gasteiger partial charge on any atom is 0.294 e. The Morgan fingerprint density at radius 3 is 2.33 bits per heavy atom. The minimum absolute atomic E-state index is 0.0591. The first-order chi connectivity index (χ1) is 9.84. The van der Waals surface area contributed by atoms with E-state index < -0.39 is 10.1 Å². The first-order valence-corrected chi connectivity index (χ1v) is 8.82. The summed E-state index contributed by atoms with van der Waals surface area (Å²) in [6.07, 6.45) is 1.49. The molecule has 0 bridgehead atoms. The molecule has 0 unspecified atom stereocenters. The largest absolute Gasteiger partial charge is 0.368 e. The summed E-state index contributed by atoms with van der Waals surface area (Å²) in [4.78, 5) is 4.57. The van der Waals surface area contributed by atoms with Gasteiger partial charge in [-0.15, -0.1) is 0 Å². The summed E-state index contributed by atoms with van der Waals surface area (Å²) in [5, 5.41) is 0. The molecule has 1 fully saturated rings. The molecule has 1 aliphatic heterocycles. The van der Waals surface area contributed by atoms with Crippen LogP contribution in [0, 0.1) is 6.92 Å². The highest BCUT2D eigenvalue weighted by atomic mass is 32.2. The summed E-state index contributed by atoms with van der Waals surface area (Å²) in [5.74, 6) is 0. The Morgan fingerprint density at radius 2 is 1.81 bits per heavy atom. The van der Waals surface area contributed by atoms with E-state index in [1.54, 1.807) is 6.07 Å². The van der Waals surface area contributed by atoms with Crippen LogP contribution in [0.5, 0.6) is 0 Å². The molecule has 1 aromatic rings. The van der Waals surface area contributed by atoms with Crippen molar-refractivity contribution in [2.45, 2.75) is 31.6 Å². The van der Waals surface area contributed by atoms with E-state index >= 15 is 0 Å². The normalized spacial score (nSPS) is 17.2. The Kier molecular flexibility index (Phi) is 4.91. The average Bonchev–Trinajstić information content (AvgIpc) is 2.39. The molecule has 0 saturated carbocycles. The molecule has 1 aromatic carbocycles. The van der Waals surface area contributed by atoms with Gasteiger partial charge in [0.1, 0.15) is 0 Å². The summed E-state index contributed by atoms with van der Waals surface area (Å²) < 4.78 is 32.8. The van der Waals surface area contributed by atoms with E-state index in [2.05, 4.69) is 16.8 Å². The molecule has 118 valence electrons. The van der Waals surface area contributed by atoms with Crippen molar-refractivity contribution in [1.82, 2.24) is 4.90 Å². The van der Waals surface area contributed by atoms with E-state index in [1.165, 1.54) is 6.07 Å². The Balaban J connectivity index is 2.52. The summed E-state index contributed by atoms with van der Waals surface area (Å²) in [5.41, 5.74) is 2.81. The van der Waals surface area contributed by atoms with Crippen LogP contribution in [0.25, 0.3) is 0 Å². The monoisotopic (exact) mass is 312 g/mol. The van der Waals surface area contributed by atoms with E-state index in [-0.39, 0.29) is 4.90 Å². The topological polar surface area (TPSA) is 60.9 Å². The lowest BCUT2D eigenvalue weighted by molar-refractivity contribution is 0.312. The lowest BCUT2D eigenvalue weighted by atomic mass is 10.0. The quantitative estimate of drug-likeness (QED) is 0.861. The standard InChI is InChI=1S/C15H24N2O3S/c1-4-5-13-14(21(18,19)20)7-6-12(2)15(13)17-10-8-16(3)9-11-17/h6-7H,4-5,8-11H2,1-3H3,(H,18,19,20). The third kappa shape index (κ3) is 3.56. The maximum absolute atomic E-state index is 11.7. The van der Waals surface area contributed by atoms with Crippen molar-refractivity contribution in [3.63, 3.8) is 0 Å². The van der Waals surface area contributed by atoms with Crippen molar-refractivity contribution in [2.24, 2.45) is 0 Å². The second kappa shape index (κ2) is 6.34. The number of piperazine rings is 1. The zero-order chi connectivity index (χ0) is 15.6. The van der Waals surface area contributed by atoms with Gasteiger partial charge in [-0.05, 0) is 37.6 Å². The van der Waals surface area contributed by atoms with Gasteiger partial charge in [-0.3, -0.25) is 4.55 Å². The maximum atomic E-state index is 11.7. The fourth-order valence-electron chi connectivity index (χ4n) is 2.94. The third-order valence-electron chi connectivity index (χ3n) is 4.04. The summed E-state index contributed by atoms with van der Waals surface area (Å²) in [6, 6.07) is 3.31. The van der Waals surface area contributed by atoms with Crippen molar-refractivity contribution in [2.75, 3.05) is 38.1 Å². The molecule has 1 aliphatic rings. The average molecular weight is 312 g/mol. The number of rotatable bonds is 4. The van der Waals surface area contributed by atoms with Crippen LogP contribution in [-0.2, 0) is 16.5 Å². The molecule has 1 N–H and O–H groups in total. The van der Waals surface area contributed by atoms with Gasteiger partial charge in [0.15, 0.2) is 0 Å². The number of benzene rings is 1. The smallest absolute Gasteiger partial charge is 0.294 e. The lowest BCUT2D eigenvalue weighted by Crippen LogP contribution is -2.45. The van der Waals surface area contributed by atoms with Gasteiger partial charge in [-0.1, -0.05) is 19.4 Å². The van der Waals surface area contributed by atoms with Gasteiger partial charge < -0.3 is 9.80 Å². The highest BCUT2D eigenvalue weighted by Gasteiger charge is 2.24.